The van der Waals surface area contributed by atoms with Crippen LogP contribution in [0.15, 0.2) is 35.9 Å². The van der Waals surface area contributed by atoms with E-state index in [2.05, 4.69) is 53.5 Å². The van der Waals surface area contributed by atoms with E-state index in [1.54, 1.807) is 12.7 Å². The molecule has 0 bridgehead atoms. The van der Waals surface area contributed by atoms with Crippen LogP contribution in [0.25, 0.3) is 6.08 Å². The van der Waals surface area contributed by atoms with Gasteiger partial charge in [-0.15, -0.1) is 0 Å². The summed E-state index contributed by atoms with van der Waals surface area (Å²) in [5.74, 6) is -4.38. The van der Waals surface area contributed by atoms with Crippen LogP contribution in [0.2, 0.25) is 0 Å². The van der Waals surface area contributed by atoms with Gasteiger partial charge in [0.15, 0.2) is 9.84 Å². The Kier molecular flexibility index (Phi) is 13.9. The van der Waals surface area contributed by atoms with Crippen molar-refractivity contribution in [2.45, 2.75) is 63.5 Å². The zero-order chi connectivity index (χ0) is 34.1. The van der Waals surface area contributed by atoms with E-state index >= 15 is 0 Å². The number of aliphatic carboxylic acids is 2. The van der Waals surface area contributed by atoms with Crippen molar-refractivity contribution < 1.29 is 59.3 Å². The van der Waals surface area contributed by atoms with Gasteiger partial charge < -0.3 is 25.2 Å². The van der Waals surface area contributed by atoms with Crippen LogP contribution in [-0.4, -0.2) is 105 Å². The van der Waals surface area contributed by atoms with Gasteiger partial charge in [-0.05, 0) is 55.5 Å². The quantitative estimate of drug-likeness (QED) is 0.271. The summed E-state index contributed by atoms with van der Waals surface area (Å²) in [5.41, 5.74) is 3.39. The first-order valence-electron chi connectivity index (χ1n) is 14.3. The standard InChI is InChI=1S/C25H38N2O3S.2C2HF3O2/c1-3-21(14-20-8-5-4-6-9-20)23-15-24(23)26-22-16-25(17-22)18-27(19-25)10-7-12-31(28,29)13-11-30-2;2*3-2(4,5)1(6)7/h4-6,8-9,14,22-24,26H,3,7,10-13,15-19H2,1-2H3;2*(H,6,7)/b21-14+;;/t23-,24+;;/m1../s1. The molecular formula is C29H40F6N2O7S. The van der Waals surface area contributed by atoms with Gasteiger partial charge in [-0.1, -0.05) is 48.9 Å². The third-order valence-corrected chi connectivity index (χ3v) is 9.47. The molecule has 2 aliphatic carbocycles. The highest BCUT2D eigenvalue weighted by molar-refractivity contribution is 7.91. The van der Waals surface area contributed by atoms with E-state index in [0.29, 0.717) is 30.0 Å². The lowest BCUT2D eigenvalue weighted by Crippen LogP contribution is -2.66. The van der Waals surface area contributed by atoms with Gasteiger partial charge in [-0.25, -0.2) is 18.0 Å². The lowest BCUT2D eigenvalue weighted by molar-refractivity contribution is -0.193. The zero-order valence-corrected chi connectivity index (χ0v) is 25.8. The maximum Gasteiger partial charge on any atom is 0.490 e. The summed E-state index contributed by atoms with van der Waals surface area (Å²) in [7, 11) is -1.42. The number of benzene rings is 1. The smallest absolute Gasteiger partial charge is 0.475 e. The fourth-order valence-electron chi connectivity index (χ4n) is 5.57. The number of hydrogen-bond acceptors (Lipinski definition) is 7. The second-order valence-corrected chi connectivity index (χ2v) is 13.8. The monoisotopic (exact) mass is 674 g/mol. The van der Waals surface area contributed by atoms with Gasteiger partial charge >= 0.3 is 24.3 Å². The van der Waals surface area contributed by atoms with Crippen molar-refractivity contribution in [2.24, 2.45) is 11.3 Å². The highest BCUT2D eigenvalue weighted by Crippen LogP contribution is 2.50. The van der Waals surface area contributed by atoms with Crippen LogP contribution in [0.3, 0.4) is 0 Å². The molecule has 3 fully saturated rings. The number of likely N-dealkylation sites (tertiary alicyclic amines) is 1. The normalized spacial score (nSPS) is 21.4. The third-order valence-electron chi connectivity index (χ3n) is 7.77. The number of sulfone groups is 1. The molecule has 2 saturated carbocycles. The first-order valence-corrected chi connectivity index (χ1v) is 16.2. The average molecular weight is 675 g/mol. The Labute approximate surface area is 258 Å². The first kappa shape index (κ1) is 38.5. The Bertz CT molecular complexity index is 1220. The molecule has 0 amide bonds. The van der Waals surface area contributed by atoms with Crippen molar-refractivity contribution >= 4 is 27.9 Å². The molecule has 2 atom stereocenters. The number of nitrogens with one attached hydrogen (secondary N) is 1. The lowest BCUT2D eigenvalue weighted by atomic mass is 9.60. The molecule has 1 saturated heterocycles. The number of halogens is 6. The van der Waals surface area contributed by atoms with Gasteiger partial charge in [-0.2, -0.15) is 26.3 Å². The number of nitrogens with zero attached hydrogens (tertiary/aromatic N) is 1. The molecular weight excluding hydrogens is 634 g/mol. The van der Waals surface area contributed by atoms with Crippen molar-refractivity contribution in [3.63, 3.8) is 0 Å². The Balaban J connectivity index is 0.000000421. The number of methoxy groups -OCH3 is 1. The topological polar surface area (TPSA) is 133 Å². The second kappa shape index (κ2) is 16.2. The van der Waals surface area contributed by atoms with Crippen LogP contribution in [0.1, 0.15) is 44.6 Å². The van der Waals surface area contributed by atoms with Crippen molar-refractivity contribution in [2.75, 3.05) is 44.9 Å². The third kappa shape index (κ3) is 13.3. The minimum absolute atomic E-state index is 0.142. The highest BCUT2D eigenvalue weighted by atomic mass is 32.2. The summed E-state index contributed by atoms with van der Waals surface area (Å²) in [5, 5.41) is 18.2. The largest absolute Gasteiger partial charge is 0.490 e. The maximum absolute atomic E-state index is 11.9. The fraction of sp³-hybridized carbons (Fsp3) is 0.655. The molecule has 1 aromatic carbocycles. The van der Waals surface area contributed by atoms with Crippen LogP contribution in [0, 0.1) is 11.3 Å². The molecule has 0 aromatic heterocycles. The van der Waals surface area contributed by atoms with E-state index in [0.717, 1.165) is 32.5 Å². The van der Waals surface area contributed by atoms with Crippen LogP contribution >= 0.6 is 0 Å². The molecule has 9 nitrogen and oxygen atoms in total. The average Bonchev–Trinajstić information content (AvgIpc) is 3.67. The van der Waals surface area contributed by atoms with Crippen LogP contribution in [0.4, 0.5) is 26.3 Å². The van der Waals surface area contributed by atoms with Crippen molar-refractivity contribution in [3.8, 4) is 0 Å². The van der Waals surface area contributed by atoms with Crippen molar-refractivity contribution in [1.29, 1.82) is 0 Å². The number of alkyl halides is 6. The molecule has 4 rings (SSSR count). The van der Waals surface area contributed by atoms with Gasteiger partial charge in [0.05, 0.1) is 18.1 Å². The Morgan fingerprint density at radius 1 is 1.02 bits per heavy atom. The van der Waals surface area contributed by atoms with Gasteiger partial charge in [-0.3, -0.25) is 0 Å². The Hall–Kier alpha value is -2.69. The van der Waals surface area contributed by atoms with Gasteiger partial charge in [0.25, 0.3) is 0 Å². The molecule has 0 unspecified atom stereocenters. The zero-order valence-electron chi connectivity index (χ0n) is 25.0. The minimum Gasteiger partial charge on any atom is -0.475 e. The molecule has 3 aliphatic rings. The van der Waals surface area contributed by atoms with Crippen LogP contribution in [-0.2, 0) is 24.2 Å². The predicted octanol–water partition coefficient (Wildman–Crippen LogP) is 4.64. The molecule has 3 N–H and O–H groups in total. The maximum atomic E-state index is 11.9. The molecule has 1 aliphatic heterocycles. The number of rotatable bonds is 12. The second-order valence-electron chi connectivity index (χ2n) is 11.5. The molecule has 45 heavy (non-hydrogen) atoms. The lowest BCUT2D eigenvalue weighted by Gasteiger charge is -2.59. The predicted molar refractivity (Wildman–Crippen MR) is 154 cm³/mol. The number of ether oxygens (including phenoxy) is 1. The molecule has 256 valence electrons. The molecule has 1 aromatic rings. The fourth-order valence-corrected chi connectivity index (χ4v) is 6.76. The minimum atomic E-state index is -5.08. The van der Waals surface area contributed by atoms with E-state index in [9.17, 15) is 34.8 Å². The highest BCUT2D eigenvalue weighted by Gasteiger charge is 2.53. The molecule has 0 radical (unpaired) electrons. The van der Waals surface area contributed by atoms with Crippen molar-refractivity contribution in [1.82, 2.24) is 10.2 Å². The van der Waals surface area contributed by atoms with E-state index in [1.165, 1.54) is 24.8 Å². The van der Waals surface area contributed by atoms with E-state index in [-0.39, 0.29) is 11.5 Å². The summed E-state index contributed by atoms with van der Waals surface area (Å²) in [6, 6.07) is 12.0. The Morgan fingerprint density at radius 2 is 1.56 bits per heavy atom. The SMILES string of the molecule is CC/C(=C\c1ccccc1)[C@H]1C[C@@H]1NC1CC2(C1)CN(CCCS(=O)(=O)CCOC)C2.O=C(O)C(F)(F)F.O=C(O)C(F)(F)F. The van der Waals surface area contributed by atoms with Crippen LogP contribution < -0.4 is 5.32 Å². The van der Waals surface area contributed by atoms with Crippen LogP contribution in [0.5, 0.6) is 0 Å². The number of hydrogen-bond donors (Lipinski definition) is 3. The number of carboxylic acid groups (broad SMARTS) is 2. The number of carboxylic acids is 2. The summed E-state index contributed by atoms with van der Waals surface area (Å²) < 4.78 is 92.2. The molecule has 1 spiro atoms. The van der Waals surface area contributed by atoms with E-state index in [4.69, 9.17) is 24.5 Å². The summed E-state index contributed by atoms with van der Waals surface area (Å²) in [4.78, 5) is 20.2. The van der Waals surface area contributed by atoms with Crippen molar-refractivity contribution in [3.05, 3.63) is 41.5 Å². The van der Waals surface area contributed by atoms with Gasteiger partial charge in [0, 0.05) is 32.3 Å². The summed E-state index contributed by atoms with van der Waals surface area (Å²) in [6.07, 6.45) is -2.08. The summed E-state index contributed by atoms with van der Waals surface area (Å²) >= 11 is 0. The van der Waals surface area contributed by atoms with Gasteiger partial charge in [0.1, 0.15) is 0 Å². The van der Waals surface area contributed by atoms with Gasteiger partial charge in [0.2, 0.25) is 0 Å². The van der Waals surface area contributed by atoms with E-state index in [1.807, 2.05) is 0 Å². The number of carbonyl (C=O) groups is 2. The van der Waals surface area contributed by atoms with E-state index < -0.39 is 34.1 Å². The summed E-state index contributed by atoms with van der Waals surface area (Å²) in [6.45, 7) is 5.76. The molecule has 16 heteroatoms. The Morgan fingerprint density at radius 3 is 2.02 bits per heavy atom. The first-order chi connectivity index (χ1) is 20.8. The molecule has 1 heterocycles.